The molecule has 1 amide bonds. The number of nitrogens with zero attached hydrogens (tertiary/aromatic N) is 1. The number of hydrogen-bond acceptors (Lipinski definition) is 6. The first-order valence-corrected chi connectivity index (χ1v) is 10.9. The maximum atomic E-state index is 12.8. The highest BCUT2D eigenvalue weighted by Gasteiger charge is 2.32. The van der Waals surface area contributed by atoms with Gasteiger partial charge < -0.3 is 14.4 Å². The highest BCUT2D eigenvalue weighted by Crippen LogP contribution is 2.21. The number of esters is 1. The molecule has 0 spiro atoms. The molecule has 1 aromatic carbocycles. The molecule has 1 N–H and O–H groups in total. The molecule has 0 radical (unpaired) electrons. The summed E-state index contributed by atoms with van der Waals surface area (Å²) in [6.07, 6.45) is 1.37. The molecular formula is C19H28N2O6S. The van der Waals surface area contributed by atoms with Gasteiger partial charge in [-0.25, -0.2) is 8.42 Å². The average Bonchev–Trinajstić information content (AvgIpc) is 2.72. The number of ether oxygens (including phenoxy) is 2. The quantitative estimate of drug-likeness (QED) is 0.650. The molecule has 2 rings (SSSR count). The summed E-state index contributed by atoms with van der Waals surface area (Å²) in [6.45, 7) is 4.66. The van der Waals surface area contributed by atoms with E-state index in [1.165, 1.54) is 19.2 Å². The van der Waals surface area contributed by atoms with Gasteiger partial charge in [-0.15, -0.1) is 0 Å². The Hall–Kier alpha value is -2.13. The van der Waals surface area contributed by atoms with Gasteiger partial charge >= 0.3 is 5.97 Å². The predicted molar refractivity (Wildman–Crippen MR) is 103 cm³/mol. The second-order valence-corrected chi connectivity index (χ2v) is 8.32. The number of carbonyl (C=O) groups is 2. The number of hydrogen-bond donors (Lipinski definition) is 1. The molecule has 1 unspecified atom stereocenters. The summed E-state index contributed by atoms with van der Waals surface area (Å²) in [5.74, 6) is -0.171. The van der Waals surface area contributed by atoms with Crippen LogP contribution in [0, 0.1) is 5.92 Å². The number of carbonyl (C=O) groups excluding carboxylic acids is 2. The van der Waals surface area contributed by atoms with E-state index in [1.54, 1.807) is 30.9 Å². The topological polar surface area (TPSA) is 102 Å². The Kier molecular flexibility index (Phi) is 7.82. The minimum atomic E-state index is -3.84. The summed E-state index contributed by atoms with van der Waals surface area (Å²) in [4.78, 5) is 26.3. The fourth-order valence-electron chi connectivity index (χ4n) is 3.13. The van der Waals surface area contributed by atoms with Crippen LogP contribution in [0.5, 0.6) is 5.75 Å². The van der Waals surface area contributed by atoms with Crippen molar-refractivity contribution in [3.63, 3.8) is 0 Å². The van der Waals surface area contributed by atoms with E-state index in [0.717, 1.165) is 0 Å². The minimum Gasteiger partial charge on any atom is -0.497 e. The summed E-state index contributed by atoms with van der Waals surface area (Å²) in [5, 5.41) is 0. The zero-order valence-electron chi connectivity index (χ0n) is 16.5. The molecule has 1 aliphatic rings. The maximum absolute atomic E-state index is 12.8. The number of amides is 1. The lowest BCUT2D eigenvalue weighted by molar-refractivity contribution is -0.151. The number of sulfonamides is 1. The van der Waals surface area contributed by atoms with Crippen LogP contribution in [0.25, 0.3) is 0 Å². The Labute approximate surface area is 166 Å². The van der Waals surface area contributed by atoms with Crippen LogP contribution < -0.4 is 9.46 Å². The Bertz CT molecular complexity index is 770. The third-order valence-electron chi connectivity index (χ3n) is 4.80. The molecule has 0 saturated carbocycles. The van der Waals surface area contributed by atoms with Gasteiger partial charge in [0, 0.05) is 13.1 Å². The van der Waals surface area contributed by atoms with E-state index >= 15 is 0 Å². The smallest absolute Gasteiger partial charge is 0.309 e. The van der Waals surface area contributed by atoms with Crippen molar-refractivity contribution in [2.45, 2.75) is 44.0 Å². The minimum absolute atomic E-state index is 0.0700. The van der Waals surface area contributed by atoms with Crippen molar-refractivity contribution in [2.24, 2.45) is 5.92 Å². The first-order valence-electron chi connectivity index (χ1n) is 9.44. The molecule has 1 heterocycles. The lowest BCUT2D eigenvalue weighted by atomic mass is 9.96. The van der Waals surface area contributed by atoms with Crippen molar-refractivity contribution in [2.75, 3.05) is 26.8 Å². The normalized spacial score (nSPS) is 16.5. The Morgan fingerprint density at radius 3 is 2.29 bits per heavy atom. The predicted octanol–water partition coefficient (Wildman–Crippen LogP) is 1.55. The number of methoxy groups -OCH3 is 1. The van der Waals surface area contributed by atoms with Gasteiger partial charge in [0.15, 0.2) is 0 Å². The Morgan fingerprint density at radius 2 is 1.79 bits per heavy atom. The molecule has 1 atom stereocenters. The standard InChI is InChI=1S/C19H28N2O6S/c1-4-17(20-28(24,25)16-8-6-15(26-3)7-9-16)18(22)21-12-10-14(11-13-21)19(23)27-5-2/h6-9,14,17,20H,4-5,10-13H2,1-3H3. The maximum Gasteiger partial charge on any atom is 0.309 e. The van der Waals surface area contributed by atoms with Crippen molar-refractivity contribution >= 4 is 21.9 Å². The highest BCUT2D eigenvalue weighted by atomic mass is 32.2. The molecule has 0 bridgehead atoms. The zero-order chi connectivity index (χ0) is 20.7. The second kappa shape index (κ2) is 9.88. The van der Waals surface area contributed by atoms with Crippen molar-refractivity contribution in [3.05, 3.63) is 24.3 Å². The number of rotatable bonds is 8. The van der Waals surface area contributed by atoms with E-state index < -0.39 is 16.1 Å². The molecule has 1 saturated heterocycles. The van der Waals surface area contributed by atoms with Crippen LogP contribution in [0.3, 0.4) is 0 Å². The van der Waals surface area contributed by atoms with Crippen LogP contribution in [0.1, 0.15) is 33.1 Å². The van der Waals surface area contributed by atoms with E-state index in [-0.39, 0.29) is 22.7 Å². The van der Waals surface area contributed by atoms with Gasteiger partial charge in [-0.1, -0.05) is 6.92 Å². The van der Waals surface area contributed by atoms with E-state index in [0.29, 0.717) is 44.7 Å². The zero-order valence-corrected chi connectivity index (χ0v) is 17.3. The molecule has 1 fully saturated rings. The first kappa shape index (κ1) is 22.2. The largest absolute Gasteiger partial charge is 0.497 e. The second-order valence-electron chi connectivity index (χ2n) is 6.61. The van der Waals surface area contributed by atoms with Gasteiger partial charge in [0.1, 0.15) is 11.8 Å². The Morgan fingerprint density at radius 1 is 1.18 bits per heavy atom. The monoisotopic (exact) mass is 412 g/mol. The summed E-state index contributed by atoms with van der Waals surface area (Å²) >= 11 is 0. The van der Waals surface area contributed by atoms with E-state index in [2.05, 4.69) is 4.72 Å². The van der Waals surface area contributed by atoms with Gasteiger partial charge in [0.25, 0.3) is 0 Å². The molecule has 1 aliphatic heterocycles. The first-order chi connectivity index (χ1) is 13.3. The van der Waals surface area contributed by atoms with Gasteiger partial charge in [-0.2, -0.15) is 4.72 Å². The molecule has 0 aromatic heterocycles. The van der Waals surface area contributed by atoms with Crippen molar-refractivity contribution in [1.82, 2.24) is 9.62 Å². The van der Waals surface area contributed by atoms with Crippen molar-refractivity contribution < 1.29 is 27.5 Å². The van der Waals surface area contributed by atoms with Gasteiger partial charge in [0.2, 0.25) is 15.9 Å². The van der Waals surface area contributed by atoms with Gasteiger partial charge in [0.05, 0.1) is 24.5 Å². The van der Waals surface area contributed by atoms with Crippen LogP contribution in [0.15, 0.2) is 29.2 Å². The average molecular weight is 413 g/mol. The fraction of sp³-hybridized carbons (Fsp3) is 0.579. The number of likely N-dealkylation sites (tertiary alicyclic amines) is 1. The Balaban J connectivity index is 2.00. The van der Waals surface area contributed by atoms with Crippen LogP contribution in [0.4, 0.5) is 0 Å². The van der Waals surface area contributed by atoms with Crippen molar-refractivity contribution in [1.29, 1.82) is 0 Å². The van der Waals surface area contributed by atoms with E-state index in [9.17, 15) is 18.0 Å². The summed E-state index contributed by atoms with van der Waals surface area (Å²) < 4.78 is 37.8. The molecular weight excluding hydrogens is 384 g/mol. The van der Waals surface area contributed by atoms with Crippen LogP contribution >= 0.6 is 0 Å². The molecule has 156 valence electrons. The molecule has 28 heavy (non-hydrogen) atoms. The summed E-state index contributed by atoms with van der Waals surface area (Å²) in [5.41, 5.74) is 0. The molecule has 8 nitrogen and oxygen atoms in total. The van der Waals surface area contributed by atoms with Gasteiger partial charge in [-0.05, 0) is 50.5 Å². The third-order valence-corrected chi connectivity index (χ3v) is 6.29. The van der Waals surface area contributed by atoms with E-state index in [4.69, 9.17) is 9.47 Å². The van der Waals surface area contributed by atoms with Crippen LogP contribution in [0.2, 0.25) is 0 Å². The van der Waals surface area contributed by atoms with Crippen LogP contribution in [-0.2, 0) is 24.3 Å². The van der Waals surface area contributed by atoms with Gasteiger partial charge in [-0.3, -0.25) is 9.59 Å². The lowest BCUT2D eigenvalue weighted by Crippen LogP contribution is -2.50. The number of benzene rings is 1. The third kappa shape index (κ3) is 5.45. The summed E-state index contributed by atoms with van der Waals surface area (Å²) in [6, 6.07) is 5.12. The van der Waals surface area contributed by atoms with Crippen LogP contribution in [-0.4, -0.2) is 58.0 Å². The SMILES string of the molecule is CCOC(=O)C1CCN(C(=O)C(CC)NS(=O)(=O)c2ccc(OC)cc2)CC1. The van der Waals surface area contributed by atoms with Crippen molar-refractivity contribution in [3.8, 4) is 5.75 Å². The lowest BCUT2D eigenvalue weighted by Gasteiger charge is -2.33. The molecule has 9 heteroatoms. The fourth-order valence-corrected chi connectivity index (χ4v) is 4.41. The number of nitrogens with one attached hydrogen (secondary N) is 1. The summed E-state index contributed by atoms with van der Waals surface area (Å²) in [7, 11) is -2.34. The molecule has 0 aliphatic carbocycles. The number of piperidine rings is 1. The highest BCUT2D eigenvalue weighted by molar-refractivity contribution is 7.89. The molecule has 1 aromatic rings. The van der Waals surface area contributed by atoms with E-state index in [1.807, 2.05) is 0 Å².